The standard InChI is InChI=1S/C19H31N5O/c1-15-5-7-17(8-6-15)23-19(20-2)22-14-16-4-3-9-21-18(16)24-10-12-25-13-11-24/h3-4,9,15,17H,5-8,10-14H2,1-2H3,(H2,20,22,23). The Balaban J connectivity index is 1.56. The normalized spacial score (nSPS) is 24.9. The maximum Gasteiger partial charge on any atom is 0.191 e. The summed E-state index contributed by atoms with van der Waals surface area (Å²) in [7, 11) is 1.84. The van der Waals surface area contributed by atoms with Gasteiger partial charge in [0, 0.05) is 44.5 Å². The Labute approximate surface area is 151 Å². The van der Waals surface area contributed by atoms with Crippen LogP contribution in [0.4, 0.5) is 5.82 Å². The van der Waals surface area contributed by atoms with Crippen molar-refractivity contribution in [1.82, 2.24) is 15.6 Å². The summed E-state index contributed by atoms with van der Waals surface area (Å²) in [5, 5.41) is 7.04. The average Bonchev–Trinajstić information content (AvgIpc) is 2.67. The summed E-state index contributed by atoms with van der Waals surface area (Å²) in [6, 6.07) is 4.68. The number of pyridine rings is 1. The molecule has 2 N–H and O–H groups in total. The van der Waals surface area contributed by atoms with Gasteiger partial charge in [-0.05, 0) is 37.7 Å². The van der Waals surface area contributed by atoms with Gasteiger partial charge in [-0.2, -0.15) is 0 Å². The molecular formula is C19H31N5O. The molecule has 1 aromatic rings. The summed E-state index contributed by atoms with van der Waals surface area (Å²) in [5.74, 6) is 2.80. The van der Waals surface area contributed by atoms with Gasteiger partial charge in [-0.3, -0.25) is 4.99 Å². The second kappa shape index (κ2) is 9.04. The van der Waals surface area contributed by atoms with Crippen LogP contribution in [0.25, 0.3) is 0 Å². The van der Waals surface area contributed by atoms with E-state index in [1.165, 1.54) is 31.2 Å². The summed E-state index contributed by atoms with van der Waals surface area (Å²) in [6.07, 6.45) is 6.93. The molecule has 0 amide bonds. The highest BCUT2D eigenvalue weighted by Crippen LogP contribution is 2.23. The number of hydrogen-bond donors (Lipinski definition) is 2. The number of rotatable bonds is 4. The molecule has 1 saturated carbocycles. The number of aromatic nitrogens is 1. The topological polar surface area (TPSA) is 61.8 Å². The molecule has 1 aliphatic carbocycles. The fourth-order valence-electron chi connectivity index (χ4n) is 3.60. The first-order valence-corrected chi connectivity index (χ1v) is 9.50. The van der Waals surface area contributed by atoms with Crippen molar-refractivity contribution in [3.05, 3.63) is 23.9 Å². The van der Waals surface area contributed by atoms with Crippen molar-refractivity contribution < 1.29 is 4.74 Å². The number of guanidine groups is 1. The van der Waals surface area contributed by atoms with Crippen molar-refractivity contribution in [2.45, 2.75) is 45.2 Å². The largest absolute Gasteiger partial charge is 0.378 e. The number of nitrogens with zero attached hydrogens (tertiary/aromatic N) is 3. The van der Waals surface area contributed by atoms with Gasteiger partial charge in [0.25, 0.3) is 0 Å². The van der Waals surface area contributed by atoms with E-state index in [-0.39, 0.29) is 0 Å². The highest BCUT2D eigenvalue weighted by Gasteiger charge is 2.19. The minimum Gasteiger partial charge on any atom is -0.378 e. The zero-order valence-electron chi connectivity index (χ0n) is 15.5. The van der Waals surface area contributed by atoms with Gasteiger partial charge in [0.15, 0.2) is 5.96 Å². The van der Waals surface area contributed by atoms with Crippen molar-refractivity contribution in [3.63, 3.8) is 0 Å². The van der Waals surface area contributed by atoms with Crippen LogP contribution in [-0.4, -0.2) is 50.3 Å². The van der Waals surface area contributed by atoms with Gasteiger partial charge in [-0.25, -0.2) is 4.98 Å². The molecule has 138 valence electrons. The molecule has 1 aliphatic heterocycles. The van der Waals surface area contributed by atoms with Gasteiger partial charge in [-0.15, -0.1) is 0 Å². The van der Waals surface area contributed by atoms with Gasteiger partial charge in [0.1, 0.15) is 5.82 Å². The number of ether oxygens (including phenoxy) is 1. The van der Waals surface area contributed by atoms with E-state index >= 15 is 0 Å². The number of aliphatic imine (C=N–C) groups is 1. The summed E-state index contributed by atoms with van der Waals surface area (Å²) < 4.78 is 5.45. The van der Waals surface area contributed by atoms with Crippen LogP contribution in [0.3, 0.4) is 0 Å². The third kappa shape index (κ3) is 5.08. The van der Waals surface area contributed by atoms with Gasteiger partial charge in [0.2, 0.25) is 0 Å². The van der Waals surface area contributed by atoms with Crippen molar-refractivity contribution >= 4 is 11.8 Å². The predicted octanol–water partition coefficient (Wildman–Crippen LogP) is 2.16. The maximum atomic E-state index is 5.45. The third-order valence-electron chi connectivity index (χ3n) is 5.20. The molecule has 0 aromatic carbocycles. The van der Waals surface area contributed by atoms with Crippen molar-refractivity contribution in [3.8, 4) is 0 Å². The Kier molecular flexibility index (Phi) is 6.50. The minimum absolute atomic E-state index is 0.537. The molecule has 25 heavy (non-hydrogen) atoms. The van der Waals surface area contributed by atoms with Gasteiger partial charge in [-0.1, -0.05) is 13.0 Å². The fraction of sp³-hybridized carbons (Fsp3) is 0.684. The highest BCUT2D eigenvalue weighted by atomic mass is 16.5. The zero-order chi connectivity index (χ0) is 17.5. The lowest BCUT2D eigenvalue weighted by Gasteiger charge is -2.30. The van der Waals surface area contributed by atoms with E-state index in [4.69, 9.17) is 4.74 Å². The van der Waals surface area contributed by atoms with E-state index in [1.807, 2.05) is 19.3 Å². The average molecular weight is 345 g/mol. The molecule has 0 unspecified atom stereocenters. The molecule has 6 heteroatoms. The fourth-order valence-corrected chi connectivity index (χ4v) is 3.60. The molecule has 0 bridgehead atoms. The van der Waals surface area contributed by atoms with Crippen LogP contribution in [0.1, 0.15) is 38.2 Å². The Hall–Kier alpha value is -1.82. The Morgan fingerprint density at radius 2 is 2.04 bits per heavy atom. The minimum atomic E-state index is 0.537. The van der Waals surface area contributed by atoms with E-state index in [0.717, 1.165) is 50.5 Å². The second-order valence-corrected chi connectivity index (χ2v) is 7.11. The van der Waals surface area contributed by atoms with Crippen LogP contribution < -0.4 is 15.5 Å². The molecule has 6 nitrogen and oxygen atoms in total. The lowest BCUT2D eigenvalue weighted by molar-refractivity contribution is 0.122. The summed E-state index contributed by atoms with van der Waals surface area (Å²) in [5.41, 5.74) is 1.20. The third-order valence-corrected chi connectivity index (χ3v) is 5.20. The monoisotopic (exact) mass is 345 g/mol. The Morgan fingerprint density at radius 3 is 2.76 bits per heavy atom. The molecule has 0 radical (unpaired) electrons. The zero-order valence-corrected chi connectivity index (χ0v) is 15.5. The van der Waals surface area contributed by atoms with Crippen molar-refractivity contribution in [1.29, 1.82) is 0 Å². The summed E-state index contributed by atoms with van der Waals surface area (Å²) in [4.78, 5) is 11.3. The lowest BCUT2D eigenvalue weighted by atomic mass is 9.87. The first kappa shape index (κ1) is 18.0. The smallest absolute Gasteiger partial charge is 0.191 e. The highest BCUT2D eigenvalue weighted by molar-refractivity contribution is 5.80. The molecular weight excluding hydrogens is 314 g/mol. The van der Waals surface area contributed by atoms with E-state index < -0.39 is 0 Å². The number of anilines is 1. The van der Waals surface area contributed by atoms with Gasteiger partial charge in [0.05, 0.1) is 13.2 Å². The SMILES string of the molecule is CN=C(NCc1cccnc1N1CCOCC1)NC1CCC(C)CC1. The Morgan fingerprint density at radius 1 is 1.28 bits per heavy atom. The van der Waals surface area contributed by atoms with Crippen LogP contribution >= 0.6 is 0 Å². The molecule has 0 spiro atoms. The van der Waals surface area contributed by atoms with Crippen molar-refractivity contribution in [2.75, 3.05) is 38.3 Å². The molecule has 0 atom stereocenters. The van der Waals surface area contributed by atoms with Gasteiger partial charge >= 0.3 is 0 Å². The van der Waals surface area contributed by atoms with E-state index in [1.54, 1.807) is 0 Å². The molecule has 2 aliphatic rings. The van der Waals surface area contributed by atoms with Crippen molar-refractivity contribution in [2.24, 2.45) is 10.9 Å². The van der Waals surface area contributed by atoms with E-state index in [0.29, 0.717) is 6.04 Å². The van der Waals surface area contributed by atoms with Crippen LogP contribution in [0.2, 0.25) is 0 Å². The van der Waals surface area contributed by atoms with E-state index in [2.05, 4.69) is 38.5 Å². The van der Waals surface area contributed by atoms with Crippen LogP contribution in [0.15, 0.2) is 23.3 Å². The number of nitrogens with one attached hydrogen (secondary N) is 2. The lowest BCUT2D eigenvalue weighted by Crippen LogP contribution is -2.44. The predicted molar refractivity (Wildman–Crippen MR) is 102 cm³/mol. The van der Waals surface area contributed by atoms with Crippen LogP contribution in [0.5, 0.6) is 0 Å². The summed E-state index contributed by atoms with van der Waals surface area (Å²) in [6.45, 7) is 6.41. The molecule has 2 fully saturated rings. The second-order valence-electron chi connectivity index (χ2n) is 7.11. The summed E-state index contributed by atoms with van der Waals surface area (Å²) >= 11 is 0. The molecule has 2 heterocycles. The maximum absolute atomic E-state index is 5.45. The number of morpholine rings is 1. The first-order valence-electron chi connectivity index (χ1n) is 9.50. The first-order chi connectivity index (χ1) is 12.3. The molecule has 3 rings (SSSR count). The van der Waals surface area contributed by atoms with Crippen LogP contribution in [0, 0.1) is 5.92 Å². The molecule has 1 saturated heterocycles. The van der Waals surface area contributed by atoms with E-state index in [9.17, 15) is 0 Å². The number of hydrogen-bond acceptors (Lipinski definition) is 4. The molecule has 1 aromatic heterocycles. The Bertz CT molecular complexity index is 563. The van der Waals surface area contributed by atoms with Gasteiger partial charge < -0.3 is 20.3 Å². The van der Waals surface area contributed by atoms with Crippen LogP contribution in [-0.2, 0) is 11.3 Å². The quantitative estimate of drug-likeness (QED) is 0.647.